The topological polar surface area (TPSA) is 93.1 Å². The van der Waals surface area contributed by atoms with Crippen molar-refractivity contribution in [3.05, 3.63) is 59.7 Å². The number of nitrogens with zero attached hydrogens (tertiary/aromatic N) is 1. The third-order valence-corrected chi connectivity index (χ3v) is 4.19. The van der Waals surface area contributed by atoms with Gasteiger partial charge in [-0.25, -0.2) is 4.79 Å². The molecular weight excluding hydrogens is 338 g/mol. The van der Waals surface area contributed by atoms with E-state index >= 15 is 0 Å². The molecule has 0 bridgehead atoms. The van der Waals surface area contributed by atoms with Crippen molar-refractivity contribution in [3.63, 3.8) is 0 Å². The lowest BCUT2D eigenvalue weighted by Gasteiger charge is -2.46. The lowest BCUT2D eigenvalue weighted by molar-refractivity contribution is -0.160. The molecule has 1 aliphatic heterocycles. The number of carbonyl (C=O) groups excluding carboxylic acids is 2. The maximum Gasteiger partial charge on any atom is 0.335 e. The van der Waals surface area contributed by atoms with Gasteiger partial charge in [-0.1, -0.05) is 12.1 Å². The lowest BCUT2D eigenvalue weighted by Crippen LogP contribution is -2.60. The van der Waals surface area contributed by atoms with Gasteiger partial charge in [-0.2, -0.15) is 0 Å². The molecule has 2 aromatic rings. The number of aromatic carboxylic acids is 1. The van der Waals surface area contributed by atoms with Gasteiger partial charge in [0.2, 0.25) is 6.10 Å². The average Bonchev–Trinajstić information content (AvgIpc) is 2.64. The predicted molar refractivity (Wildman–Crippen MR) is 92.2 cm³/mol. The zero-order chi connectivity index (χ0) is 18.8. The molecule has 26 heavy (non-hydrogen) atoms. The van der Waals surface area contributed by atoms with Crippen LogP contribution in [0.15, 0.2) is 48.5 Å². The molecule has 1 N–H and O–H groups in total. The summed E-state index contributed by atoms with van der Waals surface area (Å²) in [6.45, 7) is 1.25. The van der Waals surface area contributed by atoms with Crippen LogP contribution in [0.25, 0.3) is 0 Å². The van der Waals surface area contributed by atoms with Crippen LogP contribution >= 0.6 is 0 Å². The number of carboxylic acids is 1. The fourth-order valence-corrected chi connectivity index (χ4v) is 2.93. The highest BCUT2D eigenvalue weighted by molar-refractivity contribution is 6.06. The summed E-state index contributed by atoms with van der Waals surface area (Å²) in [6, 6.07) is 12.6. The highest BCUT2D eigenvalue weighted by atomic mass is 16.6. The number of carbonyl (C=O) groups is 3. The predicted octanol–water partition coefficient (Wildman–Crippen LogP) is 2.41. The summed E-state index contributed by atoms with van der Waals surface area (Å²) in [7, 11) is 1.56. The Kier molecular flexibility index (Phi) is 4.62. The van der Waals surface area contributed by atoms with Crippen molar-refractivity contribution in [1.82, 2.24) is 0 Å². The normalized spacial score (nSPS) is 18.8. The minimum absolute atomic E-state index is 0.124. The van der Waals surface area contributed by atoms with Gasteiger partial charge < -0.3 is 14.6 Å². The first kappa shape index (κ1) is 17.5. The Morgan fingerprint density at radius 3 is 2.15 bits per heavy atom. The maximum atomic E-state index is 12.5. The zero-order valence-corrected chi connectivity index (χ0v) is 14.2. The first-order valence-corrected chi connectivity index (χ1v) is 7.90. The molecule has 0 unspecified atom stereocenters. The third kappa shape index (κ3) is 3.11. The largest absolute Gasteiger partial charge is 0.497 e. The quantitative estimate of drug-likeness (QED) is 0.654. The number of β-lactam (4-membered cyclic amide) rings is 1. The molecule has 1 heterocycles. The summed E-state index contributed by atoms with van der Waals surface area (Å²) in [5.41, 5.74) is 1.43. The number of anilines is 1. The highest BCUT2D eigenvalue weighted by Crippen LogP contribution is 2.41. The second-order valence-corrected chi connectivity index (χ2v) is 5.81. The number of carboxylic acid groups (broad SMARTS) is 1. The second kappa shape index (κ2) is 6.87. The molecule has 3 rings (SSSR count). The molecule has 0 saturated carbocycles. The monoisotopic (exact) mass is 355 g/mol. The van der Waals surface area contributed by atoms with E-state index in [0.29, 0.717) is 11.4 Å². The van der Waals surface area contributed by atoms with E-state index < -0.39 is 24.1 Å². The van der Waals surface area contributed by atoms with Crippen molar-refractivity contribution in [1.29, 1.82) is 0 Å². The van der Waals surface area contributed by atoms with Crippen molar-refractivity contribution in [2.45, 2.75) is 19.1 Å². The van der Waals surface area contributed by atoms with E-state index in [0.717, 1.165) is 5.56 Å². The Bertz CT molecular complexity index is 843. The molecular formula is C19H17NO6. The Morgan fingerprint density at radius 2 is 1.65 bits per heavy atom. The van der Waals surface area contributed by atoms with Crippen molar-refractivity contribution < 1.29 is 29.0 Å². The first-order valence-electron chi connectivity index (χ1n) is 7.90. The van der Waals surface area contributed by atoms with Crippen LogP contribution in [-0.2, 0) is 14.3 Å². The Labute approximate surface area is 149 Å². The molecule has 0 spiro atoms. The smallest absolute Gasteiger partial charge is 0.335 e. The van der Waals surface area contributed by atoms with Crippen molar-refractivity contribution in [2.24, 2.45) is 0 Å². The average molecular weight is 355 g/mol. The van der Waals surface area contributed by atoms with Gasteiger partial charge in [0.15, 0.2) is 0 Å². The van der Waals surface area contributed by atoms with Crippen LogP contribution < -0.4 is 9.64 Å². The van der Waals surface area contributed by atoms with Crippen LogP contribution in [0.1, 0.15) is 28.9 Å². The van der Waals surface area contributed by atoms with Gasteiger partial charge in [-0.05, 0) is 42.0 Å². The fourth-order valence-electron chi connectivity index (χ4n) is 2.93. The van der Waals surface area contributed by atoms with Crippen LogP contribution in [0.3, 0.4) is 0 Å². The second-order valence-electron chi connectivity index (χ2n) is 5.81. The number of rotatable bonds is 5. The molecule has 7 nitrogen and oxygen atoms in total. The van der Waals surface area contributed by atoms with Gasteiger partial charge in [0.25, 0.3) is 5.91 Å². The number of hydrogen-bond acceptors (Lipinski definition) is 5. The van der Waals surface area contributed by atoms with Crippen LogP contribution in [0.5, 0.6) is 5.75 Å². The van der Waals surface area contributed by atoms with E-state index in [1.165, 1.54) is 24.0 Å². The molecule has 134 valence electrons. The Morgan fingerprint density at radius 1 is 1.04 bits per heavy atom. The number of methoxy groups -OCH3 is 1. The molecule has 1 aliphatic rings. The number of ether oxygens (including phenoxy) is 2. The van der Waals surface area contributed by atoms with E-state index in [1.807, 2.05) is 0 Å². The molecule has 0 aliphatic carbocycles. The van der Waals surface area contributed by atoms with Gasteiger partial charge in [0.1, 0.15) is 11.8 Å². The summed E-state index contributed by atoms with van der Waals surface area (Å²) >= 11 is 0. The van der Waals surface area contributed by atoms with Gasteiger partial charge in [0.05, 0.1) is 12.7 Å². The van der Waals surface area contributed by atoms with Crippen LogP contribution in [-0.4, -0.2) is 36.2 Å². The first-order chi connectivity index (χ1) is 12.4. The number of esters is 1. The summed E-state index contributed by atoms with van der Waals surface area (Å²) in [6.07, 6.45) is -0.917. The molecule has 1 saturated heterocycles. The van der Waals surface area contributed by atoms with E-state index in [9.17, 15) is 14.4 Å². The van der Waals surface area contributed by atoms with E-state index in [2.05, 4.69) is 0 Å². The van der Waals surface area contributed by atoms with Gasteiger partial charge >= 0.3 is 11.9 Å². The molecule has 0 aromatic heterocycles. The lowest BCUT2D eigenvalue weighted by atomic mass is 9.89. The molecule has 2 aromatic carbocycles. The molecule has 2 atom stereocenters. The van der Waals surface area contributed by atoms with Crippen molar-refractivity contribution >= 4 is 23.5 Å². The minimum atomic E-state index is -1.05. The standard InChI is InChI=1S/C19H17NO6/c1-11(21)26-17-16(12-5-9-15(25-2)10-6-12)20(18(17)22)14-7-3-13(4-8-14)19(23)24/h3-10,16-17H,1-2H3,(H,23,24)/t16-,17-/m0/s1. The Hall–Kier alpha value is -3.35. The number of hydrogen-bond donors (Lipinski definition) is 1. The van der Waals surface area contributed by atoms with Gasteiger partial charge in [-0.3, -0.25) is 14.5 Å². The highest BCUT2D eigenvalue weighted by Gasteiger charge is 2.51. The summed E-state index contributed by atoms with van der Waals surface area (Å²) in [4.78, 5) is 36.4. The maximum absolute atomic E-state index is 12.5. The number of benzene rings is 2. The van der Waals surface area contributed by atoms with Crippen molar-refractivity contribution in [2.75, 3.05) is 12.0 Å². The SMILES string of the molecule is COc1ccc([C@H]2[C@H](OC(C)=O)C(=O)N2c2ccc(C(=O)O)cc2)cc1. The molecule has 7 heteroatoms. The molecule has 1 amide bonds. The van der Waals surface area contributed by atoms with Crippen LogP contribution in [0.2, 0.25) is 0 Å². The molecule has 1 fully saturated rings. The minimum Gasteiger partial charge on any atom is -0.497 e. The van der Waals surface area contributed by atoms with Crippen molar-refractivity contribution in [3.8, 4) is 5.75 Å². The fraction of sp³-hybridized carbons (Fsp3) is 0.211. The third-order valence-electron chi connectivity index (χ3n) is 4.19. The van der Waals surface area contributed by atoms with E-state index in [4.69, 9.17) is 14.6 Å². The summed E-state index contributed by atoms with van der Waals surface area (Å²) in [5, 5.41) is 9.01. The van der Waals surface area contributed by atoms with E-state index in [1.54, 1.807) is 43.5 Å². The Balaban J connectivity index is 1.94. The summed E-state index contributed by atoms with van der Waals surface area (Å²) in [5.74, 6) is -1.27. The van der Waals surface area contributed by atoms with E-state index in [-0.39, 0.29) is 11.5 Å². The van der Waals surface area contributed by atoms with Crippen LogP contribution in [0.4, 0.5) is 5.69 Å². The van der Waals surface area contributed by atoms with Gasteiger partial charge in [0, 0.05) is 12.6 Å². The zero-order valence-electron chi connectivity index (χ0n) is 14.2. The number of amides is 1. The van der Waals surface area contributed by atoms with Crippen LogP contribution in [0, 0.1) is 0 Å². The summed E-state index contributed by atoms with van der Waals surface area (Å²) < 4.78 is 10.3. The molecule has 0 radical (unpaired) electrons. The van der Waals surface area contributed by atoms with Gasteiger partial charge in [-0.15, -0.1) is 0 Å².